The highest BCUT2D eigenvalue weighted by molar-refractivity contribution is 6.50. The predicted octanol–water partition coefficient (Wildman–Crippen LogP) is 3.84. The third-order valence-corrected chi connectivity index (χ3v) is 7.05. The summed E-state index contributed by atoms with van der Waals surface area (Å²) >= 11 is 0. The number of nitrogens with zero attached hydrogens (tertiary/aromatic N) is 3. The van der Waals surface area contributed by atoms with Crippen LogP contribution < -0.4 is 9.64 Å². The van der Waals surface area contributed by atoms with Gasteiger partial charge in [-0.15, -0.1) is 0 Å². The van der Waals surface area contributed by atoms with E-state index in [2.05, 4.69) is 6.58 Å². The van der Waals surface area contributed by atoms with Gasteiger partial charge in [-0.3, -0.25) is 14.4 Å². The van der Waals surface area contributed by atoms with E-state index in [1.54, 1.807) is 41.3 Å². The molecule has 2 aliphatic rings. The molecule has 1 N–H and O–H groups in total. The molecule has 38 heavy (non-hydrogen) atoms. The Hall–Kier alpha value is -3.91. The molecule has 2 heterocycles. The second-order valence-electron chi connectivity index (χ2n) is 9.93. The van der Waals surface area contributed by atoms with Gasteiger partial charge in [-0.25, -0.2) is 0 Å². The van der Waals surface area contributed by atoms with Crippen LogP contribution in [0.1, 0.15) is 36.5 Å². The number of aryl methyl sites for hydroxylation is 1. The monoisotopic (exact) mass is 517 g/mol. The number of anilines is 1. The molecule has 1 spiro atoms. The molecule has 0 aromatic heterocycles. The van der Waals surface area contributed by atoms with Crippen LogP contribution in [-0.2, 0) is 19.9 Å². The normalized spacial score (nSPS) is 20.1. The average molecular weight is 518 g/mol. The molecule has 0 saturated carbocycles. The largest absolute Gasteiger partial charge is 0.507 e. The van der Waals surface area contributed by atoms with Gasteiger partial charge in [0.05, 0.1) is 11.3 Å². The van der Waals surface area contributed by atoms with E-state index in [0.29, 0.717) is 55.1 Å². The Kier molecular flexibility index (Phi) is 7.73. The van der Waals surface area contributed by atoms with Crippen molar-refractivity contribution in [2.45, 2.75) is 32.2 Å². The van der Waals surface area contributed by atoms with Crippen molar-refractivity contribution in [3.8, 4) is 5.75 Å². The molecular formula is C30H35N3O5. The highest BCUT2D eigenvalue weighted by Crippen LogP contribution is 2.53. The van der Waals surface area contributed by atoms with E-state index in [1.807, 2.05) is 45.0 Å². The van der Waals surface area contributed by atoms with Gasteiger partial charge in [-0.05, 0) is 70.2 Å². The molecular weight excluding hydrogens is 482 g/mol. The molecule has 2 aromatic carbocycles. The predicted molar refractivity (Wildman–Crippen MR) is 147 cm³/mol. The van der Waals surface area contributed by atoms with Crippen molar-refractivity contribution in [2.24, 2.45) is 0 Å². The number of benzene rings is 2. The maximum atomic E-state index is 14.4. The Morgan fingerprint density at radius 2 is 1.87 bits per heavy atom. The number of aliphatic hydroxyl groups excluding tert-OH is 1. The highest BCUT2D eigenvalue weighted by atomic mass is 16.5. The van der Waals surface area contributed by atoms with Crippen molar-refractivity contribution in [1.82, 2.24) is 9.80 Å². The van der Waals surface area contributed by atoms with Gasteiger partial charge in [-0.1, -0.05) is 37.8 Å². The van der Waals surface area contributed by atoms with Crippen LogP contribution in [0.2, 0.25) is 0 Å². The second kappa shape index (κ2) is 10.8. The van der Waals surface area contributed by atoms with Gasteiger partial charge in [0.15, 0.2) is 5.54 Å². The van der Waals surface area contributed by atoms with Gasteiger partial charge < -0.3 is 24.5 Å². The highest BCUT2D eigenvalue weighted by Gasteiger charge is 2.66. The molecule has 0 unspecified atom stereocenters. The molecule has 1 saturated heterocycles. The van der Waals surface area contributed by atoms with Crippen LogP contribution in [0.4, 0.5) is 5.69 Å². The zero-order valence-corrected chi connectivity index (χ0v) is 22.5. The number of amides is 2. The van der Waals surface area contributed by atoms with E-state index in [9.17, 15) is 19.5 Å². The second-order valence-corrected chi connectivity index (χ2v) is 9.93. The summed E-state index contributed by atoms with van der Waals surface area (Å²) in [6, 6.07) is 12.2. The summed E-state index contributed by atoms with van der Waals surface area (Å²) in [4.78, 5) is 46.6. The molecule has 8 nitrogen and oxygen atoms in total. The lowest BCUT2D eigenvalue weighted by molar-refractivity contribution is -0.143. The SMILES string of the molecule is C=CCOc1ccc(C(O)=C2C(=O)C(=O)N(CCCN(C)C)[C@@]23C(=O)N(CCC)c2ccccc23)cc1C. The Morgan fingerprint density at radius 3 is 2.53 bits per heavy atom. The molecule has 2 amide bonds. The lowest BCUT2D eigenvalue weighted by atomic mass is 9.81. The summed E-state index contributed by atoms with van der Waals surface area (Å²) in [7, 11) is 3.85. The number of hydrogen-bond acceptors (Lipinski definition) is 6. The first kappa shape index (κ1) is 27.1. The van der Waals surface area contributed by atoms with Crippen LogP contribution >= 0.6 is 0 Å². The summed E-state index contributed by atoms with van der Waals surface area (Å²) in [5, 5.41) is 11.7. The molecule has 0 bridgehead atoms. The van der Waals surface area contributed by atoms with E-state index < -0.39 is 23.1 Å². The first-order chi connectivity index (χ1) is 18.2. The smallest absolute Gasteiger partial charge is 0.296 e. The number of para-hydroxylation sites is 1. The van der Waals surface area contributed by atoms with E-state index in [0.717, 1.165) is 5.56 Å². The van der Waals surface area contributed by atoms with Crippen molar-refractivity contribution >= 4 is 29.0 Å². The zero-order chi connectivity index (χ0) is 27.6. The minimum atomic E-state index is -1.73. The maximum absolute atomic E-state index is 14.4. The number of rotatable bonds is 10. The third kappa shape index (κ3) is 4.28. The summed E-state index contributed by atoms with van der Waals surface area (Å²) in [6.45, 7) is 9.05. The molecule has 8 heteroatoms. The lowest BCUT2D eigenvalue weighted by Gasteiger charge is -2.34. The fourth-order valence-electron chi connectivity index (χ4n) is 5.41. The average Bonchev–Trinajstić information content (AvgIpc) is 3.26. The topological polar surface area (TPSA) is 90.4 Å². The summed E-state index contributed by atoms with van der Waals surface area (Å²) in [5.74, 6) is -1.81. The Balaban J connectivity index is 1.95. The van der Waals surface area contributed by atoms with Crippen molar-refractivity contribution < 1.29 is 24.2 Å². The van der Waals surface area contributed by atoms with Gasteiger partial charge in [0.2, 0.25) is 0 Å². The van der Waals surface area contributed by atoms with E-state index in [1.165, 1.54) is 4.90 Å². The molecule has 1 fully saturated rings. The first-order valence-electron chi connectivity index (χ1n) is 12.9. The van der Waals surface area contributed by atoms with Crippen molar-refractivity contribution in [1.29, 1.82) is 0 Å². The minimum Gasteiger partial charge on any atom is -0.507 e. The van der Waals surface area contributed by atoms with Crippen LogP contribution in [0.15, 0.2) is 60.7 Å². The van der Waals surface area contributed by atoms with E-state index in [4.69, 9.17) is 4.74 Å². The van der Waals surface area contributed by atoms with Gasteiger partial charge >= 0.3 is 0 Å². The first-order valence-corrected chi connectivity index (χ1v) is 12.9. The number of ketones is 1. The van der Waals surface area contributed by atoms with Gasteiger partial charge in [-0.2, -0.15) is 0 Å². The summed E-state index contributed by atoms with van der Waals surface area (Å²) < 4.78 is 5.65. The standard InChI is InChI=1S/C30H35N3O5/c1-6-15-32-23-12-9-8-11-22(23)30(29(32)37)25(27(35)28(36)33(30)17-10-16-31(4)5)26(34)21-13-14-24(20(3)19-21)38-18-7-2/h7-9,11-14,19,34H,2,6,10,15-18H2,1,3-5H3/t30-/m1/s1. The number of carbonyl (C=O) groups excluding carboxylic acids is 3. The van der Waals surface area contributed by atoms with Crippen LogP contribution in [0.25, 0.3) is 5.76 Å². The number of carbonyl (C=O) groups is 3. The number of Topliss-reactive ketones (excluding diaryl/α,β-unsaturated/α-hetero) is 1. The van der Waals surface area contributed by atoms with Crippen molar-refractivity contribution in [3.63, 3.8) is 0 Å². The molecule has 0 aliphatic carbocycles. The molecule has 4 rings (SSSR count). The molecule has 1 atom stereocenters. The van der Waals surface area contributed by atoms with Gasteiger partial charge in [0.1, 0.15) is 18.1 Å². The van der Waals surface area contributed by atoms with Crippen LogP contribution in [0.5, 0.6) is 5.75 Å². The molecule has 0 radical (unpaired) electrons. The van der Waals surface area contributed by atoms with Crippen molar-refractivity contribution in [3.05, 3.63) is 77.4 Å². The third-order valence-electron chi connectivity index (χ3n) is 7.05. The molecule has 2 aliphatic heterocycles. The van der Waals surface area contributed by atoms with Crippen LogP contribution in [0.3, 0.4) is 0 Å². The Labute approximate surface area is 223 Å². The van der Waals surface area contributed by atoms with E-state index in [-0.39, 0.29) is 17.9 Å². The number of ether oxygens (including phenoxy) is 1. The Bertz CT molecular complexity index is 1310. The quantitative estimate of drug-likeness (QED) is 0.223. The van der Waals surface area contributed by atoms with Crippen LogP contribution in [0, 0.1) is 6.92 Å². The van der Waals surface area contributed by atoms with Gasteiger partial charge in [0.25, 0.3) is 17.6 Å². The number of fused-ring (bicyclic) bond motifs is 2. The van der Waals surface area contributed by atoms with Crippen LogP contribution in [-0.4, -0.2) is 72.8 Å². The minimum absolute atomic E-state index is 0.187. The van der Waals surface area contributed by atoms with E-state index >= 15 is 0 Å². The fraction of sp³-hybridized carbons (Fsp3) is 0.367. The number of likely N-dealkylation sites (tertiary alicyclic amines) is 1. The summed E-state index contributed by atoms with van der Waals surface area (Å²) in [6.07, 6.45) is 2.88. The van der Waals surface area contributed by atoms with Crippen molar-refractivity contribution in [2.75, 3.05) is 45.2 Å². The summed E-state index contributed by atoms with van der Waals surface area (Å²) in [5.41, 5.74) is 0.319. The maximum Gasteiger partial charge on any atom is 0.296 e. The molecule has 200 valence electrons. The lowest BCUT2D eigenvalue weighted by Crippen LogP contribution is -2.52. The fourth-order valence-corrected chi connectivity index (χ4v) is 5.41. The van der Waals surface area contributed by atoms with Gasteiger partial charge in [0, 0.05) is 24.2 Å². The number of aliphatic hydroxyl groups is 1. The number of hydrogen-bond donors (Lipinski definition) is 1. The zero-order valence-electron chi connectivity index (χ0n) is 22.5. The Morgan fingerprint density at radius 1 is 1.13 bits per heavy atom. The molecule has 2 aromatic rings.